The van der Waals surface area contributed by atoms with Gasteiger partial charge in [0.2, 0.25) is 0 Å². The van der Waals surface area contributed by atoms with E-state index < -0.39 is 0 Å². The van der Waals surface area contributed by atoms with Gasteiger partial charge in [-0.25, -0.2) is 0 Å². The number of halogens is 1. The quantitative estimate of drug-likeness (QED) is 0.359. The predicted octanol–water partition coefficient (Wildman–Crippen LogP) is 3.62. The van der Waals surface area contributed by atoms with Gasteiger partial charge in [0.1, 0.15) is 6.10 Å². The number of morpholine rings is 1. The first-order valence-corrected chi connectivity index (χ1v) is 11.3. The van der Waals surface area contributed by atoms with Crippen molar-refractivity contribution in [3.8, 4) is 0 Å². The summed E-state index contributed by atoms with van der Waals surface area (Å²) in [6.45, 7) is 7.93. The highest BCUT2D eigenvalue weighted by Gasteiger charge is 2.33. The van der Waals surface area contributed by atoms with E-state index in [0.717, 1.165) is 77.6 Å². The van der Waals surface area contributed by atoms with E-state index in [9.17, 15) is 0 Å². The fourth-order valence-corrected chi connectivity index (χ4v) is 4.66. The van der Waals surface area contributed by atoms with Crippen molar-refractivity contribution in [1.82, 2.24) is 10.2 Å². The molecule has 1 aromatic rings. The Labute approximate surface area is 197 Å². The number of rotatable bonds is 5. The van der Waals surface area contributed by atoms with Gasteiger partial charge in [0.25, 0.3) is 0 Å². The van der Waals surface area contributed by atoms with Gasteiger partial charge in [-0.05, 0) is 38.2 Å². The average Bonchev–Trinajstić information content (AvgIpc) is 3.33. The third kappa shape index (κ3) is 6.08. The fraction of sp³-hybridized carbons (Fsp3) is 0.696. The van der Waals surface area contributed by atoms with Gasteiger partial charge in [0, 0.05) is 45.3 Å². The molecule has 0 radical (unpaired) electrons. The van der Waals surface area contributed by atoms with Gasteiger partial charge < -0.3 is 24.4 Å². The number of ether oxygens (including phenoxy) is 3. The summed E-state index contributed by atoms with van der Waals surface area (Å²) in [5.74, 6) is 1.41. The van der Waals surface area contributed by atoms with Crippen LogP contribution < -0.4 is 5.32 Å². The smallest absolute Gasteiger partial charge is 0.194 e. The lowest BCUT2D eigenvalue weighted by Gasteiger charge is -2.37. The lowest BCUT2D eigenvalue weighted by Crippen LogP contribution is -2.53. The summed E-state index contributed by atoms with van der Waals surface area (Å²) in [6.07, 6.45) is 5.02. The monoisotopic (exact) mass is 529 g/mol. The summed E-state index contributed by atoms with van der Waals surface area (Å²) in [7, 11) is 0. The number of aliphatic imine (C=N–C) groups is 1. The molecule has 168 valence electrons. The van der Waals surface area contributed by atoms with E-state index in [1.54, 1.807) is 0 Å². The van der Waals surface area contributed by atoms with Gasteiger partial charge in [0.05, 0.1) is 18.8 Å². The number of benzene rings is 1. The highest BCUT2D eigenvalue weighted by Crippen LogP contribution is 2.33. The van der Waals surface area contributed by atoms with Crippen LogP contribution in [0.3, 0.4) is 0 Å². The topological polar surface area (TPSA) is 55.3 Å². The van der Waals surface area contributed by atoms with Crippen LogP contribution in [0, 0.1) is 5.92 Å². The standard InChI is InChI=1S/C23H35N3O3.HI/c1-2-24-23(26-12-15-28-21(17-26)20-11-7-13-27-20)25-16-19-10-6-14-29-22(19)18-8-4-3-5-9-18;/h3-5,8-9,19-22H,2,6-7,10-17H2,1H3,(H,24,25);1H. The van der Waals surface area contributed by atoms with Crippen molar-refractivity contribution in [3.63, 3.8) is 0 Å². The molecule has 3 saturated heterocycles. The minimum Gasteiger partial charge on any atom is -0.375 e. The number of nitrogens with one attached hydrogen (secondary N) is 1. The minimum atomic E-state index is 0. The zero-order valence-corrected chi connectivity index (χ0v) is 20.3. The van der Waals surface area contributed by atoms with E-state index in [1.165, 1.54) is 5.56 Å². The van der Waals surface area contributed by atoms with Crippen molar-refractivity contribution in [2.75, 3.05) is 46.0 Å². The molecule has 6 nitrogen and oxygen atoms in total. The molecular formula is C23H36IN3O3. The first-order valence-electron chi connectivity index (χ1n) is 11.3. The molecule has 0 saturated carbocycles. The maximum atomic E-state index is 6.16. The summed E-state index contributed by atoms with van der Waals surface area (Å²) in [5, 5.41) is 3.50. The molecule has 4 rings (SSSR count). The summed E-state index contributed by atoms with van der Waals surface area (Å²) < 4.78 is 18.0. The minimum absolute atomic E-state index is 0. The molecule has 1 N–H and O–H groups in total. The molecule has 3 aliphatic rings. The summed E-state index contributed by atoms with van der Waals surface area (Å²) >= 11 is 0. The van der Waals surface area contributed by atoms with Gasteiger partial charge in [-0.3, -0.25) is 4.99 Å². The Bertz CT molecular complexity index is 654. The van der Waals surface area contributed by atoms with Gasteiger partial charge in [-0.15, -0.1) is 24.0 Å². The van der Waals surface area contributed by atoms with Crippen LogP contribution in [0.1, 0.15) is 44.3 Å². The second-order valence-corrected chi connectivity index (χ2v) is 8.21. The number of hydrogen-bond acceptors (Lipinski definition) is 4. The maximum absolute atomic E-state index is 6.16. The number of hydrogen-bond donors (Lipinski definition) is 1. The van der Waals surface area contributed by atoms with Crippen molar-refractivity contribution in [1.29, 1.82) is 0 Å². The molecule has 4 unspecified atom stereocenters. The average molecular weight is 529 g/mol. The zero-order chi connectivity index (χ0) is 19.9. The molecule has 0 aromatic heterocycles. The second-order valence-electron chi connectivity index (χ2n) is 8.21. The first-order chi connectivity index (χ1) is 14.3. The van der Waals surface area contributed by atoms with Crippen molar-refractivity contribution in [2.24, 2.45) is 10.9 Å². The van der Waals surface area contributed by atoms with Crippen molar-refractivity contribution in [3.05, 3.63) is 35.9 Å². The molecule has 0 aliphatic carbocycles. The third-order valence-electron chi connectivity index (χ3n) is 6.16. The molecule has 4 atom stereocenters. The first kappa shape index (κ1) is 23.8. The van der Waals surface area contributed by atoms with Crippen LogP contribution in [0.2, 0.25) is 0 Å². The molecule has 3 heterocycles. The lowest BCUT2D eigenvalue weighted by molar-refractivity contribution is -0.0817. The van der Waals surface area contributed by atoms with Crippen LogP contribution in [0.5, 0.6) is 0 Å². The molecule has 0 amide bonds. The van der Waals surface area contributed by atoms with Crippen molar-refractivity contribution >= 4 is 29.9 Å². The Morgan fingerprint density at radius 1 is 1.03 bits per heavy atom. The van der Waals surface area contributed by atoms with E-state index >= 15 is 0 Å². The van der Waals surface area contributed by atoms with E-state index in [2.05, 4.69) is 47.5 Å². The van der Waals surface area contributed by atoms with E-state index in [1.807, 2.05) is 0 Å². The Morgan fingerprint density at radius 2 is 1.80 bits per heavy atom. The Hall–Kier alpha value is -0.900. The summed E-state index contributed by atoms with van der Waals surface area (Å²) in [4.78, 5) is 7.40. The molecule has 30 heavy (non-hydrogen) atoms. The largest absolute Gasteiger partial charge is 0.375 e. The normalized spacial score (nSPS) is 30.0. The van der Waals surface area contributed by atoms with Crippen LogP contribution in [0.15, 0.2) is 35.3 Å². The van der Waals surface area contributed by atoms with Crippen LogP contribution in [0.4, 0.5) is 0 Å². The third-order valence-corrected chi connectivity index (χ3v) is 6.16. The van der Waals surface area contributed by atoms with Crippen LogP contribution >= 0.6 is 24.0 Å². The zero-order valence-electron chi connectivity index (χ0n) is 18.0. The number of nitrogens with zero attached hydrogens (tertiary/aromatic N) is 2. The molecule has 0 spiro atoms. The molecule has 3 fully saturated rings. The fourth-order valence-electron chi connectivity index (χ4n) is 4.66. The summed E-state index contributed by atoms with van der Waals surface area (Å²) in [6, 6.07) is 10.6. The Morgan fingerprint density at radius 3 is 2.57 bits per heavy atom. The molecule has 1 aromatic carbocycles. The van der Waals surface area contributed by atoms with Crippen LogP contribution in [-0.2, 0) is 14.2 Å². The van der Waals surface area contributed by atoms with Crippen molar-refractivity contribution in [2.45, 2.75) is 50.9 Å². The Balaban J connectivity index is 0.00000256. The lowest BCUT2D eigenvalue weighted by atomic mass is 9.89. The van der Waals surface area contributed by atoms with E-state index in [-0.39, 0.29) is 42.3 Å². The van der Waals surface area contributed by atoms with Crippen molar-refractivity contribution < 1.29 is 14.2 Å². The summed E-state index contributed by atoms with van der Waals surface area (Å²) in [5.41, 5.74) is 1.27. The predicted molar refractivity (Wildman–Crippen MR) is 130 cm³/mol. The van der Waals surface area contributed by atoms with E-state index in [4.69, 9.17) is 19.2 Å². The highest BCUT2D eigenvalue weighted by molar-refractivity contribution is 14.0. The molecule has 3 aliphatic heterocycles. The maximum Gasteiger partial charge on any atom is 0.194 e. The Kier molecular flexibility index (Phi) is 9.67. The van der Waals surface area contributed by atoms with Gasteiger partial charge >= 0.3 is 0 Å². The highest BCUT2D eigenvalue weighted by atomic mass is 127. The molecule has 0 bridgehead atoms. The van der Waals surface area contributed by atoms with Gasteiger partial charge in [0.15, 0.2) is 5.96 Å². The van der Waals surface area contributed by atoms with E-state index in [0.29, 0.717) is 5.92 Å². The van der Waals surface area contributed by atoms with Crippen LogP contribution in [-0.4, -0.2) is 69.1 Å². The molecule has 7 heteroatoms. The van der Waals surface area contributed by atoms with Gasteiger partial charge in [-0.2, -0.15) is 0 Å². The SMILES string of the molecule is CCNC(=NCC1CCCOC1c1ccccc1)N1CCOC(C2CCCO2)C1.I. The second kappa shape index (κ2) is 12.2. The van der Waals surface area contributed by atoms with Gasteiger partial charge in [-0.1, -0.05) is 30.3 Å². The number of guanidine groups is 1. The van der Waals surface area contributed by atoms with Crippen LogP contribution in [0.25, 0.3) is 0 Å². The molecular weight excluding hydrogens is 493 g/mol.